The molecule has 8 heteroatoms. The van der Waals surface area contributed by atoms with E-state index in [-0.39, 0.29) is 29.7 Å². The number of morpholine rings is 1. The van der Waals surface area contributed by atoms with Gasteiger partial charge in [-0.05, 0) is 18.9 Å². The van der Waals surface area contributed by atoms with Crippen LogP contribution < -0.4 is 15.4 Å². The molecule has 1 aromatic carbocycles. The Morgan fingerprint density at radius 3 is 2.50 bits per heavy atom. The van der Waals surface area contributed by atoms with Gasteiger partial charge in [0.25, 0.3) is 0 Å². The molecule has 1 saturated heterocycles. The first kappa shape index (κ1) is 26.8. The fourth-order valence-corrected chi connectivity index (χ4v) is 3.90. The Balaban J connectivity index is 0.00000450. The minimum absolute atomic E-state index is 0. The van der Waals surface area contributed by atoms with Crippen molar-refractivity contribution in [1.29, 1.82) is 0 Å². The van der Waals surface area contributed by atoms with Crippen LogP contribution in [0.1, 0.15) is 39.2 Å². The number of phenols is 1. The molecule has 0 radical (unpaired) electrons. The van der Waals surface area contributed by atoms with E-state index in [9.17, 15) is 5.11 Å². The third-order valence-corrected chi connectivity index (χ3v) is 5.64. The summed E-state index contributed by atoms with van der Waals surface area (Å²) in [6, 6.07) is 5.92. The van der Waals surface area contributed by atoms with Crippen molar-refractivity contribution in [3.63, 3.8) is 0 Å². The van der Waals surface area contributed by atoms with Crippen LogP contribution in [0.5, 0.6) is 11.5 Å². The van der Waals surface area contributed by atoms with Crippen molar-refractivity contribution in [3.05, 3.63) is 23.8 Å². The number of nitrogens with zero attached hydrogens (tertiary/aromatic N) is 2. The minimum atomic E-state index is 0. The molecule has 7 nitrogen and oxygen atoms in total. The maximum Gasteiger partial charge on any atom is 0.191 e. The van der Waals surface area contributed by atoms with Gasteiger partial charge in [-0.1, -0.05) is 38.8 Å². The van der Waals surface area contributed by atoms with Crippen LogP contribution in [-0.2, 0) is 11.3 Å². The van der Waals surface area contributed by atoms with Crippen molar-refractivity contribution >= 4 is 29.9 Å². The highest BCUT2D eigenvalue weighted by Crippen LogP contribution is 2.29. The van der Waals surface area contributed by atoms with E-state index in [1.807, 2.05) is 12.1 Å². The smallest absolute Gasteiger partial charge is 0.191 e. The minimum Gasteiger partial charge on any atom is -0.504 e. The highest BCUT2D eigenvalue weighted by molar-refractivity contribution is 14.0. The molecule has 30 heavy (non-hydrogen) atoms. The largest absolute Gasteiger partial charge is 0.504 e. The van der Waals surface area contributed by atoms with Crippen LogP contribution in [0.2, 0.25) is 0 Å². The lowest BCUT2D eigenvalue weighted by Crippen LogP contribution is -2.53. The van der Waals surface area contributed by atoms with Gasteiger partial charge in [0.15, 0.2) is 17.5 Å². The van der Waals surface area contributed by atoms with Crippen LogP contribution in [0.15, 0.2) is 23.2 Å². The maximum atomic E-state index is 10.3. The zero-order valence-electron chi connectivity index (χ0n) is 18.8. The molecule has 0 aliphatic carbocycles. The number of para-hydroxylation sites is 1. The maximum absolute atomic E-state index is 10.3. The monoisotopic (exact) mass is 534 g/mol. The molecule has 1 aromatic rings. The number of methoxy groups -OCH3 is 1. The summed E-state index contributed by atoms with van der Waals surface area (Å²) in [6.07, 6.45) is 2.32. The fraction of sp³-hybridized carbons (Fsp3) is 0.682. The molecule has 1 fully saturated rings. The summed E-state index contributed by atoms with van der Waals surface area (Å²) in [5.41, 5.74) is 0.742. The molecule has 1 aliphatic heterocycles. The van der Waals surface area contributed by atoms with Gasteiger partial charge in [-0.2, -0.15) is 0 Å². The van der Waals surface area contributed by atoms with Crippen molar-refractivity contribution in [2.45, 2.75) is 46.2 Å². The summed E-state index contributed by atoms with van der Waals surface area (Å²) < 4.78 is 10.7. The van der Waals surface area contributed by atoms with Crippen molar-refractivity contribution in [2.24, 2.45) is 10.9 Å². The second-order valence-corrected chi connectivity index (χ2v) is 7.34. The summed E-state index contributed by atoms with van der Waals surface area (Å²) in [5.74, 6) is 2.01. The van der Waals surface area contributed by atoms with Gasteiger partial charge in [0.05, 0.1) is 26.9 Å². The molecule has 0 amide bonds. The molecular weight excluding hydrogens is 495 g/mol. The molecule has 3 N–H and O–H groups in total. The molecular formula is C22H39IN4O3. The molecule has 0 saturated carbocycles. The van der Waals surface area contributed by atoms with Crippen LogP contribution in [0, 0.1) is 5.92 Å². The summed E-state index contributed by atoms with van der Waals surface area (Å²) >= 11 is 0. The fourth-order valence-electron chi connectivity index (χ4n) is 3.90. The number of hydrogen-bond donors (Lipinski definition) is 3. The van der Waals surface area contributed by atoms with E-state index < -0.39 is 0 Å². The number of hydrogen-bond acceptors (Lipinski definition) is 5. The quantitative estimate of drug-likeness (QED) is 0.243. The first-order chi connectivity index (χ1) is 14.1. The summed E-state index contributed by atoms with van der Waals surface area (Å²) in [5, 5.41) is 17.1. The number of benzene rings is 1. The number of guanidine groups is 1. The Kier molecular flexibility index (Phi) is 13.1. The van der Waals surface area contributed by atoms with Gasteiger partial charge < -0.3 is 25.2 Å². The van der Waals surface area contributed by atoms with E-state index in [4.69, 9.17) is 9.47 Å². The van der Waals surface area contributed by atoms with E-state index in [1.165, 1.54) is 0 Å². The topological polar surface area (TPSA) is 78.4 Å². The molecule has 2 rings (SSSR count). The lowest BCUT2D eigenvalue weighted by molar-refractivity contribution is 0.00272. The number of halogens is 1. The first-order valence-electron chi connectivity index (χ1n) is 10.8. The Morgan fingerprint density at radius 1 is 1.20 bits per heavy atom. The molecule has 1 atom stereocenters. The Bertz CT molecular complexity index is 635. The summed E-state index contributed by atoms with van der Waals surface area (Å²) in [7, 11) is 1.55. The van der Waals surface area contributed by atoms with Crippen LogP contribution >= 0.6 is 24.0 Å². The molecule has 1 heterocycles. The predicted molar refractivity (Wildman–Crippen MR) is 133 cm³/mol. The van der Waals surface area contributed by atoms with Gasteiger partial charge >= 0.3 is 0 Å². The van der Waals surface area contributed by atoms with Gasteiger partial charge in [-0.15, -0.1) is 24.0 Å². The molecule has 0 aromatic heterocycles. The van der Waals surface area contributed by atoms with Crippen molar-refractivity contribution in [3.8, 4) is 11.5 Å². The van der Waals surface area contributed by atoms with Crippen molar-refractivity contribution < 1.29 is 14.6 Å². The lowest BCUT2D eigenvalue weighted by Gasteiger charge is -2.39. The summed E-state index contributed by atoms with van der Waals surface area (Å²) in [6.45, 7) is 12.2. The standard InChI is InChI=1S/C22H38N4O3.HI/c1-5-17(6-2)19(26-11-13-29-14-12-26)16-25-22(23-7-3)24-15-18-9-8-10-20(28-4)21(18)27;/h8-10,17,19,27H,5-7,11-16H2,1-4H3,(H2,23,24,25);1H. The van der Waals surface area contributed by atoms with Gasteiger partial charge in [0, 0.05) is 37.8 Å². The Labute approximate surface area is 198 Å². The van der Waals surface area contributed by atoms with Gasteiger partial charge in [0.2, 0.25) is 0 Å². The second-order valence-electron chi connectivity index (χ2n) is 7.34. The number of phenolic OH excluding ortho intramolecular Hbond substituents is 1. The van der Waals surface area contributed by atoms with Gasteiger partial charge in [-0.3, -0.25) is 4.90 Å². The zero-order chi connectivity index (χ0) is 21.1. The Hall–Kier alpha value is -1.26. The zero-order valence-corrected chi connectivity index (χ0v) is 21.1. The first-order valence-corrected chi connectivity index (χ1v) is 10.8. The summed E-state index contributed by atoms with van der Waals surface area (Å²) in [4.78, 5) is 7.23. The van der Waals surface area contributed by atoms with E-state index in [2.05, 4.69) is 41.3 Å². The highest BCUT2D eigenvalue weighted by atomic mass is 127. The van der Waals surface area contributed by atoms with Crippen LogP contribution in [0.4, 0.5) is 0 Å². The molecule has 172 valence electrons. The SMILES string of the molecule is CCNC(=NCc1cccc(OC)c1O)NCC(C(CC)CC)N1CCOCC1.I. The number of aromatic hydroxyl groups is 1. The molecule has 0 spiro atoms. The van der Waals surface area contributed by atoms with Crippen LogP contribution in [-0.4, -0.2) is 68.5 Å². The number of rotatable bonds is 10. The van der Waals surface area contributed by atoms with E-state index in [0.29, 0.717) is 24.3 Å². The average molecular weight is 534 g/mol. The third-order valence-electron chi connectivity index (χ3n) is 5.64. The third kappa shape index (κ3) is 7.77. The lowest BCUT2D eigenvalue weighted by atomic mass is 9.92. The average Bonchev–Trinajstić information content (AvgIpc) is 2.76. The van der Waals surface area contributed by atoms with Gasteiger partial charge in [-0.25, -0.2) is 4.99 Å². The van der Waals surface area contributed by atoms with Crippen LogP contribution in [0.3, 0.4) is 0 Å². The van der Waals surface area contributed by atoms with E-state index >= 15 is 0 Å². The predicted octanol–water partition coefficient (Wildman–Crippen LogP) is 3.21. The number of nitrogens with one attached hydrogen (secondary N) is 2. The highest BCUT2D eigenvalue weighted by Gasteiger charge is 2.27. The van der Waals surface area contributed by atoms with Crippen molar-refractivity contribution in [2.75, 3.05) is 46.5 Å². The van der Waals surface area contributed by atoms with Gasteiger partial charge in [0.1, 0.15) is 0 Å². The molecule has 1 unspecified atom stereocenters. The van der Waals surface area contributed by atoms with Crippen molar-refractivity contribution in [1.82, 2.24) is 15.5 Å². The van der Waals surface area contributed by atoms with Crippen LogP contribution in [0.25, 0.3) is 0 Å². The molecule has 1 aliphatic rings. The number of ether oxygens (including phenoxy) is 2. The molecule has 0 bridgehead atoms. The Morgan fingerprint density at radius 2 is 1.90 bits per heavy atom. The number of aliphatic imine (C=N–C) groups is 1. The second kappa shape index (κ2) is 14.7. The normalized spacial score (nSPS) is 16.1. The van der Waals surface area contributed by atoms with E-state index in [1.54, 1.807) is 13.2 Å². The van der Waals surface area contributed by atoms with E-state index in [0.717, 1.165) is 63.8 Å².